The molecule has 168 valence electrons. The Morgan fingerprint density at radius 1 is 1.06 bits per heavy atom. The molecule has 0 unspecified atom stereocenters. The van der Waals surface area contributed by atoms with E-state index in [9.17, 15) is 18.8 Å². The number of esters is 1. The first-order chi connectivity index (χ1) is 14.7. The molecule has 2 N–H and O–H groups in total. The lowest BCUT2D eigenvalue weighted by Crippen LogP contribution is -2.60. The summed E-state index contributed by atoms with van der Waals surface area (Å²) in [6.45, 7) is 3.13. The second-order valence-electron chi connectivity index (χ2n) is 10.0. The first kappa shape index (κ1) is 21.8. The SMILES string of the molecule is CC(C)[C@@H](NC(=O)c1ccccc1F)C(=O)OCC(=O)NC12CC3CC(CC(C3)C1)C2. The van der Waals surface area contributed by atoms with Gasteiger partial charge in [-0.25, -0.2) is 9.18 Å². The standard InChI is InChI=1S/C24H31FN2O4/c1-14(2)21(26-22(29)18-5-3-4-6-19(18)25)23(30)31-13-20(28)27-24-10-15-7-16(11-24)9-17(8-15)12-24/h3-6,14-17,21H,7-13H2,1-2H3,(H,26,29)(H,27,28)/t15?,16?,17?,21-,24?/m1/s1. The number of nitrogens with one attached hydrogen (secondary N) is 2. The van der Waals surface area contributed by atoms with Crippen LogP contribution in [0.5, 0.6) is 0 Å². The molecule has 1 aromatic carbocycles. The molecule has 5 rings (SSSR count). The number of hydrogen-bond acceptors (Lipinski definition) is 4. The summed E-state index contributed by atoms with van der Waals surface area (Å²) in [5, 5.41) is 5.71. The Morgan fingerprint density at radius 2 is 1.65 bits per heavy atom. The van der Waals surface area contributed by atoms with Gasteiger partial charge >= 0.3 is 5.97 Å². The van der Waals surface area contributed by atoms with Gasteiger partial charge in [-0.05, 0) is 74.3 Å². The molecule has 4 bridgehead atoms. The van der Waals surface area contributed by atoms with Gasteiger partial charge in [-0.1, -0.05) is 26.0 Å². The number of ether oxygens (including phenoxy) is 1. The number of rotatable bonds is 7. The van der Waals surface area contributed by atoms with Gasteiger partial charge in [0.1, 0.15) is 11.9 Å². The molecular weight excluding hydrogens is 399 g/mol. The Labute approximate surface area is 182 Å². The predicted molar refractivity (Wildman–Crippen MR) is 112 cm³/mol. The van der Waals surface area contributed by atoms with Gasteiger partial charge in [-0.15, -0.1) is 0 Å². The maximum absolute atomic E-state index is 13.9. The molecular formula is C24H31FN2O4. The van der Waals surface area contributed by atoms with Crippen molar-refractivity contribution in [3.8, 4) is 0 Å². The van der Waals surface area contributed by atoms with Crippen molar-refractivity contribution in [2.75, 3.05) is 6.61 Å². The third-order valence-corrected chi connectivity index (χ3v) is 7.11. The van der Waals surface area contributed by atoms with E-state index in [0.29, 0.717) is 17.8 Å². The van der Waals surface area contributed by atoms with Gasteiger partial charge < -0.3 is 15.4 Å². The van der Waals surface area contributed by atoms with Gasteiger partial charge in [0, 0.05) is 5.54 Å². The molecule has 0 heterocycles. The van der Waals surface area contributed by atoms with Crippen LogP contribution in [0.4, 0.5) is 4.39 Å². The highest BCUT2D eigenvalue weighted by atomic mass is 19.1. The van der Waals surface area contributed by atoms with E-state index in [1.54, 1.807) is 19.9 Å². The van der Waals surface area contributed by atoms with Crippen LogP contribution in [0.3, 0.4) is 0 Å². The minimum atomic E-state index is -0.973. The number of carbonyl (C=O) groups is 3. The van der Waals surface area contributed by atoms with Crippen LogP contribution >= 0.6 is 0 Å². The molecule has 0 radical (unpaired) electrons. The molecule has 2 amide bonds. The maximum Gasteiger partial charge on any atom is 0.329 e. The average molecular weight is 431 g/mol. The third kappa shape index (κ3) is 4.75. The first-order valence-corrected chi connectivity index (χ1v) is 11.3. The van der Waals surface area contributed by atoms with E-state index in [0.717, 1.165) is 19.3 Å². The summed E-state index contributed by atoms with van der Waals surface area (Å²) >= 11 is 0. The highest BCUT2D eigenvalue weighted by molar-refractivity contribution is 5.97. The second kappa shape index (κ2) is 8.60. The number of amides is 2. The summed E-state index contributed by atoms with van der Waals surface area (Å²) in [5.41, 5.74) is -0.283. The van der Waals surface area contributed by atoms with E-state index in [2.05, 4.69) is 10.6 Å². The fourth-order valence-electron chi connectivity index (χ4n) is 6.18. The highest BCUT2D eigenvalue weighted by Gasteiger charge is 2.51. The molecule has 7 heteroatoms. The van der Waals surface area contributed by atoms with Crippen LogP contribution in [0.15, 0.2) is 24.3 Å². The quantitative estimate of drug-likeness (QED) is 0.651. The molecule has 1 aromatic rings. The number of benzene rings is 1. The first-order valence-electron chi connectivity index (χ1n) is 11.3. The van der Waals surface area contributed by atoms with Crippen LogP contribution in [-0.2, 0) is 14.3 Å². The molecule has 1 atom stereocenters. The van der Waals surface area contributed by atoms with Gasteiger partial charge in [0.25, 0.3) is 11.8 Å². The maximum atomic E-state index is 13.9. The monoisotopic (exact) mass is 430 g/mol. The zero-order valence-corrected chi connectivity index (χ0v) is 18.2. The van der Waals surface area contributed by atoms with E-state index in [1.807, 2.05) is 0 Å². The van der Waals surface area contributed by atoms with Crippen LogP contribution in [0.1, 0.15) is 62.7 Å². The zero-order valence-electron chi connectivity index (χ0n) is 18.2. The van der Waals surface area contributed by atoms with Gasteiger partial charge in [0.05, 0.1) is 5.56 Å². The largest absolute Gasteiger partial charge is 0.454 e. The molecule has 0 spiro atoms. The Balaban J connectivity index is 1.31. The summed E-state index contributed by atoms with van der Waals surface area (Å²) in [4.78, 5) is 37.6. The van der Waals surface area contributed by atoms with Crippen molar-refractivity contribution in [1.82, 2.24) is 10.6 Å². The topological polar surface area (TPSA) is 84.5 Å². The van der Waals surface area contributed by atoms with Gasteiger partial charge in [-0.2, -0.15) is 0 Å². The normalized spacial score (nSPS) is 29.5. The second-order valence-corrected chi connectivity index (χ2v) is 10.0. The Bertz CT molecular complexity index is 834. The summed E-state index contributed by atoms with van der Waals surface area (Å²) in [6, 6.07) is 4.61. The van der Waals surface area contributed by atoms with Crippen molar-refractivity contribution in [3.05, 3.63) is 35.6 Å². The summed E-state index contributed by atoms with van der Waals surface area (Å²) in [5.74, 6) is -0.514. The van der Waals surface area contributed by atoms with Crippen molar-refractivity contribution in [2.24, 2.45) is 23.7 Å². The molecule has 4 saturated carbocycles. The lowest BCUT2D eigenvalue weighted by atomic mass is 9.53. The molecule has 4 aliphatic rings. The lowest BCUT2D eigenvalue weighted by molar-refractivity contribution is -0.152. The third-order valence-electron chi connectivity index (χ3n) is 7.11. The Hall–Kier alpha value is -2.44. The Morgan fingerprint density at radius 3 is 2.19 bits per heavy atom. The van der Waals surface area contributed by atoms with E-state index in [4.69, 9.17) is 4.74 Å². The van der Waals surface area contributed by atoms with Gasteiger partial charge in [0.2, 0.25) is 0 Å². The lowest BCUT2D eigenvalue weighted by Gasteiger charge is -2.56. The van der Waals surface area contributed by atoms with Crippen molar-refractivity contribution < 1.29 is 23.5 Å². The minimum Gasteiger partial charge on any atom is -0.454 e. The summed E-state index contributed by atoms with van der Waals surface area (Å²) in [6.07, 6.45) is 6.90. The molecule has 0 aliphatic heterocycles. The van der Waals surface area contributed by atoms with E-state index in [1.165, 1.54) is 37.5 Å². The minimum absolute atomic E-state index is 0.138. The molecule has 0 aromatic heterocycles. The molecule has 31 heavy (non-hydrogen) atoms. The average Bonchev–Trinajstić information content (AvgIpc) is 2.68. The molecule has 4 aliphatic carbocycles. The highest BCUT2D eigenvalue weighted by Crippen LogP contribution is 2.55. The summed E-state index contributed by atoms with van der Waals surface area (Å²) in [7, 11) is 0. The number of carbonyl (C=O) groups excluding carboxylic acids is 3. The van der Waals surface area contributed by atoms with E-state index >= 15 is 0 Å². The fourth-order valence-corrected chi connectivity index (χ4v) is 6.18. The van der Waals surface area contributed by atoms with Crippen LogP contribution in [0.2, 0.25) is 0 Å². The van der Waals surface area contributed by atoms with Crippen LogP contribution < -0.4 is 10.6 Å². The van der Waals surface area contributed by atoms with Crippen molar-refractivity contribution in [1.29, 1.82) is 0 Å². The van der Waals surface area contributed by atoms with Crippen molar-refractivity contribution in [3.63, 3.8) is 0 Å². The molecule has 4 fully saturated rings. The van der Waals surface area contributed by atoms with Crippen LogP contribution in [-0.4, -0.2) is 36.0 Å². The van der Waals surface area contributed by atoms with Gasteiger partial charge in [0.15, 0.2) is 6.61 Å². The van der Waals surface area contributed by atoms with Crippen molar-refractivity contribution in [2.45, 2.75) is 64.0 Å². The van der Waals surface area contributed by atoms with Crippen molar-refractivity contribution >= 4 is 17.8 Å². The molecule has 0 saturated heterocycles. The predicted octanol–water partition coefficient (Wildman–Crippen LogP) is 3.21. The number of hydrogen-bond donors (Lipinski definition) is 2. The zero-order chi connectivity index (χ0) is 22.2. The number of halogens is 1. The summed E-state index contributed by atoms with van der Waals surface area (Å²) < 4.78 is 19.1. The van der Waals surface area contributed by atoms with E-state index < -0.39 is 23.7 Å². The van der Waals surface area contributed by atoms with Crippen LogP contribution in [0, 0.1) is 29.5 Å². The smallest absolute Gasteiger partial charge is 0.329 e. The van der Waals surface area contributed by atoms with E-state index in [-0.39, 0.29) is 29.5 Å². The molecule has 6 nitrogen and oxygen atoms in total. The fraction of sp³-hybridized carbons (Fsp3) is 0.625. The van der Waals surface area contributed by atoms with Crippen LogP contribution in [0.25, 0.3) is 0 Å². The van der Waals surface area contributed by atoms with Gasteiger partial charge in [-0.3, -0.25) is 9.59 Å². The Kier molecular flexibility index (Phi) is 6.04.